The molecule has 0 saturated carbocycles. The third kappa shape index (κ3) is 6.14. The van der Waals surface area contributed by atoms with Gasteiger partial charge in [0.05, 0.1) is 21.8 Å². The molecule has 8 heteroatoms. The van der Waals surface area contributed by atoms with E-state index >= 15 is 0 Å². The number of nitrogens with zero attached hydrogens (tertiary/aromatic N) is 2. The number of benzene rings is 2. The van der Waals surface area contributed by atoms with Crippen molar-refractivity contribution in [1.29, 1.82) is 0 Å². The molecule has 4 rings (SSSR count). The molecule has 0 saturated heterocycles. The van der Waals surface area contributed by atoms with Crippen LogP contribution in [0.15, 0.2) is 67.0 Å². The van der Waals surface area contributed by atoms with Crippen molar-refractivity contribution < 1.29 is 14.6 Å². The number of aromatic nitrogens is 2. The van der Waals surface area contributed by atoms with Gasteiger partial charge in [-0.15, -0.1) is 0 Å². The zero-order valence-corrected chi connectivity index (χ0v) is 21.1. The summed E-state index contributed by atoms with van der Waals surface area (Å²) in [4.78, 5) is 17.5. The summed E-state index contributed by atoms with van der Waals surface area (Å²) in [6.07, 6.45) is 4.84. The number of carbonyl (C=O) groups excluding carboxylic acids is 1. The van der Waals surface area contributed by atoms with Crippen molar-refractivity contribution in [2.75, 3.05) is 6.61 Å². The zero-order valence-electron chi connectivity index (χ0n) is 19.5. The molecule has 1 unspecified atom stereocenters. The molecule has 0 bridgehead atoms. The van der Waals surface area contributed by atoms with Gasteiger partial charge in [-0.2, -0.15) is 0 Å². The average molecular weight is 512 g/mol. The van der Waals surface area contributed by atoms with Gasteiger partial charge in [0.1, 0.15) is 5.75 Å². The minimum absolute atomic E-state index is 0.0157. The SMILES string of the molecule is CC(C)Oc1ccc(C(=O)NC(CCO)Cc2ccc(-c3cn4cccc(Cl)c4n3)cc2)cc1Cl. The number of nitrogens with one attached hydrogen (secondary N) is 1. The Balaban J connectivity index is 1.44. The minimum Gasteiger partial charge on any atom is -0.489 e. The van der Waals surface area contributed by atoms with Crippen molar-refractivity contribution in [2.45, 2.75) is 38.8 Å². The molecule has 4 aromatic rings. The van der Waals surface area contributed by atoms with Crippen LogP contribution in [0, 0.1) is 0 Å². The van der Waals surface area contributed by atoms with Gasteiger partial charge < -0.3 is 19.6 Å². The van der Waals surface area contributed by atoms with E-state index < -0.39 is 0 Å². The lowest BCUT2D eigenvalue weighted by molar-refractivity contribution is 0.0930. The molecule has 1 amide bonds. The number of aliphatic hydroxyl groups excluding tert-OH is 1. The van der Waals surface area contributed by atoms with Crippen molar-refractivity contribution in [3.8, 4) is 17.0 Å². The van der Waals surface area contributed by atoms with Crippen molar-refractivity contribution >= 4 is 34.8 Å². The number of carbonyl (C=O) groups is 1. The number of fused-ring (bicyclic) bond motifs is 1. The topological polar surface area (TPSA) is 75.9 Å². The Morgan fingerprint density at radius 3 is 2.54 bits per heavy atom. The lowest BCUT2D eigenvalue weighted by Crippen LogP contribution is -2.37. The first-order valence-corrected chi connectivity index (χ1v) is 12.2. The summed E-state index contributed by atoms with van der Waals surface area (Å²) in [6, 6.07) is 16.4. The number of ether oxygens (including phenoxy) is 1. The second-order valence-corrected chi connectivity index (χ2v) is 9.42. The van der Waals surface area contributed by atoms with Crippen LogP contribution in [0.25, 0.3) is 16.9 Å². The number of rotatable bonds is 9. The maximum atomic E-state index is 12.8. The molecule has 2 heterocycles. The maximum Gasteiger partial charge on any atom is 0.251 e. The molecule has 2 N–H and O–H groups in total. The van der Waals surface area contributed by atoms with Gasteiger partial charge in [-0.3, -0.25) is 4.79 Å². The van der Waals surface area contributed by atoms with Gasteiger partial charge in [-0.05, 0) is 62.6 Å². The number of halogens is 2. The fourth-order valence-corrected chi connectivity index (χ4v) is 4.29. The molecule has 0 spiro atoms. The quantitative estimate of drug-likeness (QED) is 0.297. The van der Waals surface area contributed by atoms with Crippen LogP contribution >= 0.6 is 23.2 Å². The van der Waals surface area contributed by atoms with Gasteiger partial charge >= 0.3 is 0 Å². The standard InChI is InChI=1S/C27H27Cl2N3O3/c1-17(2)35-25-10-9-20(15-23(25)29)27(34)30-21(11-13-33)14-18-5-7-19(8-6-18)24-16-32-12-3-4-22(28)26(32)31-24/h3-10,12,15-17,21,33H,11,13-14H2,1-2H3,(H,30,34). The normalized spacial score (nSPS) is 12.2. The summed E-state index contributed by atoms with van der Waals surface area (Å²) in [6.45, 7) is 3.79. The van der Waals surface area contributed by atoms with E-state index in [4.69, 9.17) is 27.9 Å². The molecular weight excluding hydrogens is 485 g/mol. The predicted octanol–water partition coefficient (Wildman–Crippen LogP) is 5.82. The Morgan fingerprint density at radius 1 is 1.11 bits per heavy atom. The Morgan fingerprint density at radius 2 is 1.89 bits per heavy atom. The molecular formula is C27H27Cl2N3O3. The largest absolute Gasteiger partial charge is 0.489 e. The Labute approximate surface area is 214 Å². The maximum absolute atomic E-state index is 12.8. The molecule has 0 aliphatic rings. The van der Waals surface area contributed by atoms with Gasteiger partial charge in [0, 0.05) is 36.2 Å². The van der Waals surface area contributed by atoms with E-state index in [2.05, 4.69) is 10.3 Å². The van der Waals surface area contributed by atoms with E-state index in [1.807, 2.05) is 67.0 Å². The van der Waals surface area contributed by atoms with Crippen LogP contribution in [0.4, 0.5) is 0 Å². The number of hydrogen-bond acceptors (Lipinski definition) is 4. The number of amides is 1. The summed E-state index contributed by atoms with van der Waals surface area (Å²) < 4.78 is 7.53. The summed E-state index contributed by atoms with van der Waals surface area (Å²) in [5, 5.41) is 13.5. The third-order valence-electron chi connectivity index (χ3n) is 5.54. The fraction of sp³-hybridized carbons (Fsp3) is 0.259. The van der Waals surface area contributed by atoms with E-state index in [0.29, 0.717) is 39.8 Å². The third-order valence-corrected chi connectivity index (χ3v) is 6.13. The van der Waals surface area contributed by atoms with Crippen molar-refractivity contribution in [1.82, 2.24) is 14.7 Å². The molecule has 6 nitrogen and oxygen atoms in total. The molecule has 0 aliphatic carbocycles. The number of aliphatic hydroxyl groups is 1. The summed E-state index contributed by atoms with van der Waals surface area (Å²) in [5.41, 5.74) is 3.98. The van der Waals surface area contributed by atoms with Crippen LogP contribution in [-0.2, 0) is 6.42 Å². The smallest absolute Gasteiger partial charge is 0.251 e. The number of pyridine rings is 1. The zero-order chi connectivity index (χ0) is 24.9. The molecule has 0 radical (unpaired) electrons. The number of imidazole rings is 1. The van der Waals surface area contributed by atoms with E-state index in [9.17, 15) is 9.90 Å². The Bertz CT molecular complexity index is 1320. The van der Waals surface area contributed by atoms with Crippen LogP contribution in [0.3, 0.4) is 0 Å². The first kappa shape index (κ1) is 25.0. The summed E-state index contributed by atoms with van der Waals surface area (Å²) in [7, 11) is 0. The first-order valence-electron chi connectivity index (χ1n) is 11.4. The minimum atomic E-state index is -0.250. The van der Waals surface area contributed by atoms with E-state index in [1.54, 1.807) is 18.2 Å². The average Bonchev–Trinajstić information content (AvgIpc) is 3.26. The molecule has 35 heavy (non-hydrogen) atoms. The highest BCUT2D eigenvalue weighted by atomic mass is 35.5. The van der Waals surface area contributed by atoms with Crippen molar-refractivity contribution in [2.24, 2.45) is 0 Å². The fourth-order valence-electron chi connectivity index (χ4n) is 3.86. The highest BCUT2D eigenvalue weighted by molar-refractivity contribution is 6.33. The molecule has 0 fully saturated rings. The van der Waals surface area contributed by atoms with Gasteiger partial charge in [-0.1, -0.05) is 47.5 Å². The Hall–Kier alpha value is -3.06. The number of hydrogen-bond donors (Lipinski definition) is 2. The van der Waals surface area contributed by atoms with Crippen LogP contribution in [0.5, 0.6) is 5.75 Å². The first-order chi connectivity index (χ1) is 16.8. The van der Waals surface area contributed by atoms with Crippen molar-refractivity contribution in [3.05, 3.63) is 88.2 Å². The van der Waals surface area contributed by atoms with Crippen LogP contribution in [0.2, 0.25) is 10.0 Å². The van der Waals surface area contributed by atoms with Gasteiger partial charge in [0.25, 0.3) is 5.91 Å². The Kier molecular flexibility index (Phi) is 7.96. The highest BCUT2D eigenvalue weighted by Gasteiger charge is 2.16. The highest BCUT2D eigenvalue weighted by Crippen LogP contribution is 2.27. The van der Waals surface area contributed by atoms with Gasteiger partial charge in [0.2, 0.25) is 0 Å². The van der Waals surface area contributed by atoms with Gasteiger partial charge in [-0.25, -0.2) is 4.98 Å². The van der Waals surface area contributed by atoms with Crippen molar-refractivity contribution in [3.63, 3.8) is 0 Å². The van der Waals surface area contributed by atoms with E-state index in [1.165, 1.54) is 0 Å². The van der Waals surface area contributed by atoms with Crippen LogP contribution in [0.1, 0.15) is 36.2 Å². The van der Waals surface area contributed by atoms with E-state index in [-0.39, 0.29) is 24.7 Å². The van der Waals surface area contributed by atoms with Gasteiger partial charge in [0.15, 0.2) is 5.65 Å². The molecule has 0 aliphatic heterocycles. The van der Waals surface area contributed by atoms with Crippen LogP contribution < -0.4 is 10.1 Å². The molecule has 2 aromatic carbocycles. The summed E-state index contributed by atoms with van der Waals surface area (Å²) >= 11 is 12.5. The molecule has 2 aromatic heterocycles. The second kappa shape index (κ2) is 11.1. The lowest BCUT2D eigenvalue weighted by atomic mass is 10.0. The van der Waals surface area contributed by atoms with Crippen LogP contribution in [-0.4, -0.2) is 39.2 Å². The lowest BCUT2D eigenvalue weighted by Gasteiger charge is -2.19. The van der Waals surface area contributed by atoms with E-state index in [0.717, 1.165) is 16.8 Å². The molecule has 1 atom stereocenters. The predicted molar refractivity (Wildman–Crippen MR) is 140 cm³/mol. The summed E-state index contributed by atoms with van der Waals surface area (Å²) in [5.74, 6) is 0.290. The monoisotopic (exact) mass is 511 g/mol. The molecule has 182 valence electrons. The second-order valence-electron chi connectivity index (χ2n) is 8.61.